The SMILES string of the molecule is NC(=O)OC(CCOCCO)CCc1cccc(Cl)c1. The molecule has 0 saturated heterocycles. The molecule has 0 aliphatic carbocycles. The maximum absolute atomic E-state index is 10.9. The smallest absolute Gasteiger partial charge is 0.404 e. The molecular formula is C14H20ClNO4. The topological polar surface area (TPSA) is 81.8 Å². The number of ether oxygens (including phenoxy) is 2. The second kappa shape index (κ2) is 9.58. The summed E-state index contributed by atoms with van der Waals surface area (Å²) in [6.45, 7) is 0.662. The van der Waals surface area contributed by atoms with Gasteiger partial charge in [-0.15, -0.1) is 0 Å². The normalized spacial score (nSPS) is 12.1. The fourth-order valence-corrected chi connectivity index (χ4v) is 2.04. The lowest BCUT2D eigenvalue weighted by Gasteiger charge is -2.16. The molecule has 0 aromatic heterocycles. The number of hydrogen-bond donors (Lipinski definition) is 2. The quantitative estimate of drug-likeness (QED) is 0.685. The van der Waals surface area contributed by atoms with Crippen molar-refractivity contribution < 1.29 is 19.4 Å². The highest BCUT2D eigenvalue weighted by Crippen LogP contribution is 2.15. The van der Waals surface area contributed by atoms with E-state index < -0.39 is 6.09 Å². The number of aliphatic hydroxyl groups is 1. The van der Waals surface area contributed by atoms with Gasteiger partial charge in [0.1, 0.15) is 6.10 Å². The molecule has 0 aliphatic heterocycles. The number of benzene rings is 1. The van der Waals surface area contributed by atoms with Crippen LogP contribution in [0.5, 0.6) is 0 Å². The predicted octanol–water partition coefficient (Wildman–Crippen LogP) is 2.14. The lowest BCUT2D eigenvalue weighted by Crippen LogP contribution is -2.25. The van der Waals surface area contributed by atoms with Crippen LogP contribution >= 0.6 is 11.6 Å². The predicted molar refractivity (Wildman–Crippen MR) is 76.8 cm³/mol. The van der Waals surface area contributed by atoms with Gasteiger partial charge in [0.25, 0.3) is 0 Å². The number of nitrogens with two attached hydrogens (primary N) is 1. The van der Waals surface area contributed by atoms with Gasteiger partial charge in [0.2, 0.25) is 0 Å². The Balaban J connectivity index is 2.41. The molecule has 0 spiro atoms. The van der Waals surface area contributed by atoms with E-state index in [1.54, 1.807) is 0 Å². The molecule has 20 heavy (non-hydrogen) atoms. The molecule has 112 valence electrons. The standard InChI is InChI=1S/C14H20ClNO4/c15-12-3-1-2-11(10-12)4-5-13(20-14(16)18)6-8-19-9-7-17/h1-3,10,13,17H,4-9H2,(H2,16,18). The van der Waals surface area contributed by atoms with Crippen LogP contribution < -0.4 is 5.73 Å². The fourth-order valence-electron chi connectivity index (χ4n) is 1.83. The molecule has 1 amide bonds. The minimum absolute atomic E-state index is 0.0240. The monoisotopic (exact) mass is 301 g/mol. The second-order valence-electron chi connectivity index (χ2n) is 4.35. The van der Waals surface area contributed by atoms with E-state index in [2.05, 4.69) is 0 Å². The van der Waals surface area contributed by atoms with Crippen molar-refractivity contribution in [1.82, 2.24) is 0 Å². The molecule has 0 fully saturated rings. The molecule has 0 bridgehead atoms. The van der Waals surface area contributed by atoms with Crippen LogP contribution in [0.4, 0.5) is 4.79 Å². The van der Waals surface area contributed by atoms with E-state index in [-0.39, 0.29) is 19.3 Å². The van der Waals surface area contributed by atoms with Crippen molar-refractivity contribution >= 4 is 17.7 Å². The van der Waals surface area contributed by atoms with Crippen LogP contribution in [0.25, 0.3) is 0 Å². The Hall–Kier alpha value is -1.30. The van der Waals surface area contributed by atoms with Gasteiger partial charge in [-0.2, -0.15) is 0 Å². The molecule has 1 unspecified atom stereocenters. The Labute approximate surface area is 123 Å². The highest BCUT2D eigenvalue weighted by Gasteiger charge is 2.13. The number of rotatable bonds is 9. The van der Waals surface area contributed by atoms with Gasteiger partial charge in [-0.05, 0) is 30.5 Å². The van der Waals surface area contributed by atoms with Gasteiger partial charge in [0, 0.05) is 11.4 Å². The van der Waals surface area contributed by atoms with Crippen molar-refractivity contribution in [3.8, 4) is 0 Å². The van der Waals surface area contributed by atoms with E-state index in [4.69, 9.17) is 31.9 Å². The van der Waals surface area contributed by atoms with Crippen molar-refractivity contribution in [3.63, 3.8) is 0 Å². The number of primary amides is 1. The van der Waals surface area contributed by atoms with Crippen molar-refractivity contribution in [2.75, 3.05) is 19.8 Å². The summed E-state index contributed by atoms with van der Waals surface area (Å²) in [6.07, 6.45) is 0.835. The van der Waals surface area contributed by atoms with E-state index in [9.17, 15) is 4.79 Å². The molecule has 5 nitrogen and oxygen atoms in total. The third-order valence-corrected chi connectivity index (χ3v) is 2.98. The second-order valence-corrected chi connectivity index (χ2v) is 4.79. The molecule has 3 N–H and O–H groups in total. The van der Waals surface area contributed by atoms with Crippen molar-refractivity contribution in [3.05, 3.63) is 34.9 Å². The van der Waals surface area contributed by atoms with Crippen molar-refractivity contribution in [2.24, 2.45) is 5.73 Å². The van der Waals surface area contributed by atoms with Crippen LogP contribution in [0.2, 0.25) is 5.02 Å². The van der Waals surface area contributed by atoms with Gasteiger partial charge in [-0.3, -0.25) is 0 Å². The number of halogens is 1. The summed E-state index contributed by atoms with van der Waals surface area (Å²) in [5, 5.41) is 9.29. The van der Waals surface area contributed by atoms with Crippen LogP contribution in [0.15, 0.2) is 24.3 Å². The van der Waals surface area contributed by atoms with Crippen molar-refractivity contribution in [2.45, 2.75) is 25.4 Å². The van der Waals surface area contributed by atoms with E-state index in [1.807, 2.05) is 24.3 Å². The number of amides is 1. The molecule has 0 radical (unpaired) electrons. The number of aryl methyl sites for hydroxylation is 1. The maximum Gasteiger partial charge on any atom is 0.404 e. The summed E-state index contributed by atoms with van der Waals surface area (Å²) in [5.41, 5.74) is 6.13. The molecule has 0 aliphatic rings. The third kappa shape index (κ3) is 7.33. The summed E-state index contributed by atoms with van der Waals surface area (Å²) in [6, 6.07) is 7.54. The highest BCUT2D eigenvalue weighted by molar-refractivity contribution is 6.30. The number of hydrogen-bond acceptors (Lipinski definition) is 4. The van der Waals surface area contributed by atoms with E-state index in [0.29, 0.717) is 24.5 Å². The number of carbonyl (C=O) groups excluding carboxylic acids is 1. The van der Waals surface area contributed by atoms with E-state index in [1.165, 1.54) is 0 Å². The average Bonchev–Trinajstić information content (AvgIpc) is 2.40. The fraction of sp³-hybridized carbons (Fsp3) is 0.500. The summed E-state index contributed by atoms with van der Waals surface area (Å²) >= 11 is 5.91. The average molecular weight is 302 g/mol. The summed E-state index contributed by atoms with van der Waals surface area (Å²) in [5.74, 6) is 0. The van der Waals surface area contributed by atoms with Crippen LogP contribution in [0, 0.1) is 0 Å². The Morgan fingerprint density at radius 1 is 1.35 bits per heavy atom. The van der Waals surface area contributed by atoms with Crippen LogP contribution in [-0.2, 0) is 15.9 Å². The Bertz CT molecular complexity index is 414. The van der Waals surface area contributed by atoms with Gasteiger partial charge in [-0.1, -0.05) is 23.7 Å². The zero-order valence-corrected chi connectivity index (χ0v) is 12.0. The lowest BCUT2D eigenvalue weighted by molar-refractivity contribution is 0.0468. The molecule has 1 rings (SSSR count). The zero-order chi connectivity index (χ0) is 14.8. The zero-order valence-electron chi connectivity index (χ0n) is 11.3. The first-order valence-electron chi connectivity index (χ1n) is 6.51. The number of aliphatic hydroxyl groups excluding tert-OH is 1. The summed E-state index contributed by atoms with van der Waals surface area (Å²) < 4.78 is 10.2. The van der Waals surface area contributed by atoms with E-state index >= 15 is 0 Å². The van der Waals surface area contributed by atoms with Crippen LogP contribution in [-0.4, -0.2) is 37.1 Å². The maximum atomic E-state index is 10.9. The largest absolute Gasteiger partial charge is 0.446 e. The van der Waals surface area contributed by atoms with Crippen molar-refractivity contribution in [1.29, 1.82) is 0 Å². The van der Waals surface area contributed by atoms with Gasteiger partial charge in [0.15, 0.2) is 0 Å². The van der Waals surface area contributed by atoms with Crippen LogP contribution in [0.3, 0.4) is 0 Å². The third-order valence-electron chi connectivity index (χ3n) is 2.75. The first kappa shape index (κ1) is 16.8. The Kier molecular flexibility index (Phi) is 8.02. The molecule has 6 heteroatoms. The number of carbonyl (C=O) groups is 1. The first-order valence-corrected chi connectivity index (χ1v) is 6.88. The molecule has 0 heterocycles. The molecular weight excluding hydrogens is 282 g/mol. The molecule has 1 aromatic carbocycles. The highest BCUT2D eigenvalue weighted by atomic mass is 35.5. The molecule has 0 saturated carbocycles. The van der Waals surface area contributed by atoms with Gasteiger partial charge in [0.05, 0.1) is 19.8 Å². The van der Waals surface area contributed by atoms with Crippen LogP contribution in [0.1, 0.15) is 18.4 Å². The molecule has 1 atom stereocenters. The van der Waals surface area contributed by atoms with Gasteiger partial charge >= 0.3 is 6.09 Å². The van der Waals surface area contributed by atoms with E-state index in [0.717, 1.165) is 12.0 Å². The van der Waals surface area contributed by atoms with Gasteiger partial charge in [-0.25, -0.2) is 4.79 Å². The Morgan fingerprint density at radius 2 is 2.15 bits per heavy atom. The minimum atomic E-state index is -0.789. The lowest BCUT2D eigenvalue weighted by atomic mass is 10.1. The molecule has 1 aromatic rings. The summed E-state index contributed by atoms with van der Waals surface area (Å²) in [4.78, 5) is 10.9. The van der Waals surface area contributed by atoms with Gasteiger partial charge < -0.3 is 20.3 Å². The summed E-state index contributed by atoms with van der Waals surface area (Å²) in [7, 11) is 0. The minimum Gasteiger partial charge on any atom is -0.446 e. The first-order chi connectivity index (χ1) is 9.61. The Morgan fingerprint density at radius 3 is 2.80 bits per heavy atom.